The zero-order valence-corrected chi connectivity index (χ0v) is 12.8. The van der Waals surface area contributed by atoms with Crippen molar-refractivity contribution < 1.29 is 14.3 Å². The predicted molar refractivity (Wildman–Crippen MR) is 81.0 cm³/mol. The second-order valence-electron chi connectivity index (χ2n) is 6.06. The van der Waals surface area contributed by atoms with Crippen molar-refractivity contribution in [3.05, 3.63) is 23.8 Å². The Morgan fingerprint density at radius 2 is 2.00 bits per heavy atom. The maximum atomic E-state index is 12.0. The second kappa shape index (κ2) is 6.06. The molecule has 2 unspecified atom stereocenters. The summed E-state index contributed by atoms with van der Waals surface area (Å²) in [6.45, 7) is 2.03. The highest BCUT2D eigenvalue weighted by molar-refractivity contribution is 5.85. The minimum Gasteiger partial charge on any atom is -0.493 e. The van der Waals surface area contributed by atoms with Gasteiger partial charge in [-0.15, -0.1) is 0 Å². The molecule has 4 nitrogen and oxygen atoms in total. The molecule has 2 heterocycles. The van der Waals surface area contributed by atoms with E-state index in [0.29, 0.717) is 11.7 Å². The summed E-state index contributed by atoms with van der Waals surface area (Å²) in [6, 6.07) is 6.23. The van der Waals surface area contributed by atoms with Crippen LogP contribution in [0, 0.1) is 5.92 Å². The fourth-order valence-corrected chi connectivity index (χ4v) is 3.63. The van der Waals surface area contributed by atoms with Crippen LogP contribution < -0.4 is 9.47 Å². The lowest BCUT2D eigenvalue weighted by molar-refractivity contribution is -0.133. The Kier molecular flexibility index (Phi) is 4.15. The Balaban J connectivity index is 1.64. The van der Waals surface area contributed by atoms with Gasteiger partial charge in [-0.3, -0.25) is 9.69 Å². The molecule has 0 N–H and O–H groups in total. The van der Waals surface area contributed by atoms with Gasteiger partial charge >= 0.3 is 0 Å². The van der Waals surface area contributed by atoms with Crippen molar-refractivity contribution >= 4 is 5.78 Å². The Hall–Kier alpha value is -1.55. The SMILES string of the molecule is COc1ccc(CCN2CC3CCC2C(=O)C3)cc1OC. The lowest BCUT2D eigenvalue weighted by atomic mass is 9.79. The summed E-state index contributed by atoms with van der Waals surface area (Å²) < 4.78 is 10.6. The number of hydrogen-bond acceptors (Lipinski definition) is 4. The van der Waals surface area contributed by atoms with E-state index < -0.39 is 0 Å². The number of fused-ring (bicyclic) bond motifs is 3. The number of benzene rings is 1. The van der Waals surface area contributed by atoms with Gasteiger partial charge in [0.2, 0.25) is 0 Å². The van der Waals surface area contributed by atoms with Crippen LogP contribution >= 0.6 is 0 Å². The van der Waals surface area contributed by atoms with E-state index in [4.69, 9.17) is 9.47 Å². The van der Waals surface area contributed by atoms with Gasteiger partial charge in [-0.2, -0.15) is 0 Å². The number of ketones is 1. The number of methoxy groups -OCH3 is 2. The molecule has 4 rings (SSSR count). The molecule has 2 saturated heterocycles. The first-order valence-corrected chi connectivity index (χ1v) is 7.69. The van der Waals surface area contributed by atoms with E-state index in [1.165, 1.54) is 12.0 Å². The predicted octanol–water partition coefficient (Wildman–Crippen LogP) is 2.30. The first-order chi connectivity index (χ1) is 10.2. The first-order valence-electron chi connectivity index (χ1n) is 7.69. The van der Waals surface area contributed by atoms with E-state index in [1.807, 2.05) is 12.1 Å². The third kappa shape index (κ3) is 2.91. The van der Waals surface area contributed by atoms with Gasteiger partial charge in [-0.1, -0.05) is 6.07 Å². The third-order valence-electron chi connectivity index (χ3n) is 4.78. The molecule has 21 heavy (non-hydrogen) atoms. The van der Waals surface area contributed by atoms with E-state index in [1.54, 1.807) is 14.2 Å². The van der Waals surface area contributed by atoms with Crippen LogP contribution in [-0.2, 0) is 11.2 Å². The van der Waals surface area contributed by atoms with Crippen LogP contribution in [0.15, 0.2) is 18.2 Å². The molecule has 1 aliphatic carbocycles. The Morgan fingerprint density at radius 3 is 2.67 bits per heavy atom. The van der Waals surface area contributed by atoms with Gasteiger partial charge in [0.25, 0.3) is 0 Å². The number of hydrogen-bond donors (Lipinski definition) is 0. The van der Waals surface area contributed by atoms with Crippen molar-refractivity contribution in [1.29, 1.82) is 0 Å². The van der Waals surface area contributed by atoms with Crippen LogP contribution in [0.2, 0.25) is 0 Å². The van der Waals surface area contributed by atoms with E-state index in [0.717, 1.165) is 43.9 Å². The molecule has 114 valence electrons. The molecule has 2 aliphatic heterocycles. The minimum atomic E-state index is 0.176. The van der Waals surface area contributed by atoms with E-state index in [9.17, 15) is 4.79 Å². The molecule has 2 bridgehead atoms. The van der Waals surface area contributed by atoms with Gasteiger partial charge in [-0.05, 0) is 42.9 Å². The molecule has 0 radical (unpaired) electrons. The molecule has 0 amide bonds. The smallest absolute Gasteiger partial charge is 0.160 e. The number of ether oxygens (including phenoxy) is 2. The Labute approximate surface area is 126 Å². The summed E-state index contributed by atoms with van der Waals surface area (Å²) in [5.74, 6) is 2.57. The lowest BCUT2D eigenvalue weighted by Gasteiger charge is -2.44. The van der Waals surface area contributed by atoms with Gasteiger partial charge in [0.15, 0.2) is 11.5 Å². The van der Waals surface area contributed by atoms with E-state index >= 15 is 0 Å². The van der Waals surface area contributed by atoms with Crippen molar-refractivity contribution in [2.45, 2.75) is 31.7 Å². The van der Waals surface area contributed by atoms with Crippen molar-refractivity contribution in [3.63, 3.8) is 0 Å². The zero-order chi connectivity index (χ0) is 14.8. The quantitative estimate of drug-likeness (QED) is 0.834. The summed E-state index contributed by atoms with van der Waals surface area (Å²) in [6.07, 6.45) is 4.02. The summed E-state index contributed by atoms with van der Waals surface area (Å²) in [7, 11) is 3.30. The highest BCUT2D eigenvalue weighted by atomic mass is 16.5. The van der Waals surface area contributed by atoms with Crippen LogP contribution in [0.5, 0.6) is 11.5 Å². The van der Waals surface area contributed by atoms with Crippen LogP contribution in [0.3, 0.4) is 0 Å². The van der Waals surface area contributed by atoms with Crippen molar-refractivity contribution in [1.82, 2.24) is 4.90 Å². The summed E-state index contributed by atoms with van der Waals surface area (Å²) in [5.41, 5.74) is 1.22. The summed E-state index contributed by atoms with van der Waals surface area (Å²) in [5, 5.41) is 0. The van der Waals surface area contributed by atoms with Crippen LogP contribution in [-0.4, -0.2) is 44.0 Å². The molecule has 1 aromatic carbocycles. The fraction of sp³-hybridized carbons (Fsp3) is 0.588. The third-order valence-corrected chi connectivity index (χ3v) is 4.78. The molecule has 3 fully saturated rings. The standard InChI is InChI=1S/C17H23NO3/c1-20-16-6-4-12(10-17(16)21-2)7-8-18-11-13-3-5-14(18)15(19)9-13/h4,6,10,13-14H,3,5,7-9,11H2,1-2H3. The zero-order valence-electron chi connectivity index (χ0n) is 12.8. The molecule has 3 aliphatic rings. The molecular weight excluding hydrogens is 266 g/mol. The lowest BCUT2D eigenvalue weighted by Crippen LogP contribution is -2.53. The normalized spacial score (nSPS) is 25.1. The van der Waals surface area contributed by atoms with Crippen molar-refractivity contribution in [2.24, 2.45) is 5.92 Å². The van der Waals surface area contributed by atoms with Crippen molar-refractivity contribution in [2.75, 3.05) is 27.3 Å². The number of rotatable bonds is 5. The summed E-state index contributed by atoms with van der Waals surface area (Å²) in [4.78, 5) is 14.4. The van der Waals surface area contributed by atoms with Crippen LogP contribution in [0.25, 0.3) is 0 Å². The molecule has 0 aromatic heterocycles. The maximum Gasteiger partial charge on any atom is 0.160 e. The van der Waals surface area contributed by atoms with Gasteiger partial charge < -0.3 is 9.47 Å². The van der Waals surface area contributed by atoms with Gasteiger partial charge in [0, 0.05) is 19.5 Å². The van der Waals surface area contributed by atoms with Crippen LogP contribution in [0.1, 0.15) is 24.8 Å². The highest BCUT2D eigenvalue weighted by Gasteiger charge is 2.39. The highest BCUT2D eigenvalue weighted by Crippen LogP contribution is 2.33. The first kappa shape index (κ1) is 14.4. The van der Waals surface area contributed by atoms with E-state index in [2.05, 4.69) is 11.0 Å². The number of Topliss-reactive ketones (excluding diaryl/α,β-unsaturated/α-hetero) is 1. The molecular formula is C17H23NO3. The molecule has 1 saturated carbocycles. The summed E-state index contributed by atoms with van der Waals surface area (Å²) >= 11 is 0. The molecule has 1 aromatic rings. The Morgan fingerprint density at radius 1 is 1.19 bits per heavy atom. The van der Waals surface area contributed by atoms with Gasteiger partial charge in [0.05, 0.1) is 20.3 Å². The minimum absolute atomic E-state index is 0.176. The fourth-order valence-electron chi connectivity index (χ4n) is 3.63. The number of carbonyl (C=O) groups excluding carboxylic acids is 1. The maximum absolute atomic E-state index is 12.0. The number of nitrogens with zero attached hydrogens (tertiary/aromatic N) is 1. The van der Waals surface area contributed by atoms with Gasteiger partial charge in [0.1, 0.15) is 5.78 Å². The second-order valence-corrected chi connectivity index (χ2v) is 6.06. The molecule has 0 spiro atoms. The topological polar surface area (TPSA) is 38.8 Å². The average molecular weight is 289 g/mol. The molecule has 2 atom stereocenters. The largest absolute Gasteiger partial charge is 0.493 e. The average Bonchev–Trinajstić information content (AvgIpc) is 2.52. The number of carbonyl (C=O) groups is 1. The monoisotopic (exact) mass is 289 g/mol. The van der Waals surface area contributed by atoms with Gasteiger partial charge in [-0.25, -0.2) is 0 Å². The van der Waals surface area contributed by atoms with Crippen LogP contribution in [0.4, 0.5) is 0 Å². The van der Waals surface area contributed by atoms with E-state index in [-0.39, 0.29) is 6.04 Å². The van der Waals surface area contributed by atoms with Crippen molar-refractivity contribution in [3.8, 4) is 11.5 Å². The Bertz CT molecular complexity index is 529. The molecule has 4 heteroatoms. The number of piperidine rings is 2.